The average Bonchev–Trinajstić information content (AvgIpc) is 3.37. The second-order valence-electron chi connectivity index (χ2n) is 8.65. The number of fused-ring (bicyclic) bond motifs is 1. The number of carbonyl (C=O) groups is 1. The largest absolute Gasteiger partial charge is 0.487 e. The number of benzene rings is 2. The van der Waals surface area contributed by atoms with E-state index in [4.69, 9.17) is 9.15 Å². The van der Waals surface area contributed by atoms with Crippen LogP contribution < -0.4 is 10.1 Å². The maximum absolute atomic E-state index is 13.7. The Labute approximate surface area is 191 Å². The number of rotatable bonds is 5. The van der Waals surface area contributed by atoms with Crippen LogP contribution in [0.1, 0.15) is 33.9 Å². The van der Waals surface area contributed by atoms with E-state index in [0.29, 0.717) is 24.6 Å². The Balaban J connectivity index is 1.39. The molecule has 5 rings (SSSR count). The minimum atomic E-state index is -0.872. The van der Waals surface area contributed by atoms with Gasteiger partial charge in [0.15, 0.2) is 11.6 Å². The summed E-state index contributed by atoms with van der Waals surface area (Å²) in [7, 11) is 0. The van der Waals surface area contributed by atoms with Gasteiger partial charge in [-0.1, -0.05) is 30.3 Å². The van der Waals surface area contributed by atoms with Crippen molar-refractivity contribution in [2.24, 2.45) is 0 Å². The number of aliphatic hydroxyl groups excluding tert-OH is 1. The first-order valence-electron chi connectivity index (χ1n) is 11.1. The van der Waals surface area contributed by atoms with Crippen molar-refractivity contribution >= 4 is 5.91 Å². The molecule has 7 nitrogen and oxygen atoms in total. The van der Waals surface area contributed by atoms with Crippen molar-refractivity contribution in [2.75, 3.05) is 6.54 Å². The number of halogens is 1. The number of carbonyl (C=O) groups excluding carboxylic acids is 1. The topological polar surface area (TPSA) is 87.8 Å². The number of ether oxygens (including phenoxy) is 1. The van der Waals surface area contributed by atoms with E-state index in [0.717, 1.165) is 13.0 Å². The van der Waals surface area contributed by atoms with Crippen LogP contribution in [0.5, 0.6) is 5.75 Å². The molecule has 33 heavy (non-hydrogen) atoms. The summed E-state index contributed by atoms with van der Waals surface area (Å²) in [5.41, 5.74) is 2.70. The summed E-state index contributed by atoms with van der Waals surface area (Å²) in [5.74, 6) is -0.0164. The zero-order chi connectivity index (χ0) is 22.9. The first kappa shape index (κ1) is 21.6. The molecule has 1 amide bonds. The summed E-state index contributed by atoms with van der Waals surface area (Å²) >= 11 is 0. The number of aryl methyl sites for hydroxylation is 1. The molecule has 0 spiro atoms. The van der Waals surface area contributed by atoms with Gasteiger partial charge in [-0.05, 0) is 29.7 Å². The van der Waals surface area contributed by atoms with Gasteiger partial charge in [-0.2, -0.15) is 0 Å². The zero-order valence-electron chi connectivity index (χ0n) is 18.3. The van der Waals surface area contributed by atoms with E-state index in [1.54, 1.807) is 19.1 Å². The molecular weight excluding hydrogens is 425 g/mol. The second kappa shape index (κ2) is 8.96. The molecule has 172 valence electrons. The maximum atomic E-state index is 13.7. The standard InChI is InChI=1S/C25H26FN3O4/c1-15-27-21(14-32-15)25(31)28-20-12-22(33-19-8-4-7-18(26)11-19)24(30)23(20)29-10-9-16-5-2-3-6-17(16)13-29/h2-8,11,14,20,22-24,30H,9-10,12-13H2,1H3,(H,28,31)/t20-,22-,23+,24+/m1/s1. The predicted octanol–water partition coefficient (Wildman–Crippen LogP) is 2.86. The van der Waals surface area contributed by atoms with Gasteiger partial charge in [0.1, 0.15) is 30.0 Å². The van der Waals surface area contributed by atoms with Crippen LogP contribution in [0.25, 0.3) is 0 Å². The van der Waals surface area contributed by atoms with Crippen LogP contribution in [0, 0.1) is 12.7 Å². The molecule has 0 unspecified atom stereocenters. The number of aromatic nitrogens is 1. The third-order valence-electron chi connectivity index (χ3n) is 6.46. The highest BCUT2D eigenvalue weighted by atomic mass is 19.1. The van der Waals surface area contributed by atoms with E-state index in [1.165, 1.54) is 29.5 Å². The molecule has 8 heteroatoms. The van der Waals surface area contributed by atoms with Crippen molar-refractivity contribution in [3.8, 4) is 5.75 Å². The highest BCUT2D eigenvalue weighted by Gasteiger charge is 2.48. The number of hydrogen-bond donors (Lipinski definition) is 2. The molecule has 2 heterocycles. The van der Waals surface area contributed by atoms with Crippen LogP contribution in [0.2, 0.25) is 0 Å². The fraction of sp³-hybridized carbons (Fsp3) is 0.360. The molecule has 1 aliphatic carbocycles. The molecule has 2 aliphatic rings. The van der Waals surface area contributed by atoms with Crippen molar-refractivity contribution in [3.63, 3.8) is 0 Å². The smallest absolute Gasteiger partial charge is 0.273 e. The molecule has 2 N–H and O–H groups in total. The summed E-state index contributed by atoms with van der Waals surface area (Å²) in [4.78, 5) is 19.1. The van der Waals surface area contributed by atoms with E-state index in [9.17, 15) is 14.3 Å². The van der Waals surface area contributed by atoms with E-state index >= 15 is 0 Å². The molecule has 4 atom stereocenters. The lowest BCUT2D eigenvalue weighted by atomic mass is 9.97. The van der Waals surface area contributed by atoms with Crippen molar-refractivity contribution in [1.29, 1.82) is 0 Å². The molecule has 1 aromatic heterocycles. The van der Waals surface area contributed by atoms with Crippen LogP contribution in [-0.4, -0.2) is 51.7 Å². The first-order valence-corrected chi connectivity index (χ1v) is 11.1. The Morgan fingerprint density at radius 3 is 2.82 bits per heavy atom. The summed E-state index contributed by atoms with van der Waals surface area (Å²) in [5, 5.41) is 14.3. The normalized spacial score (nSPS) is 24.9. The summed E-state index contributed by atoms with van der Waals surface area (Å²) < 4.78 is 24.8. The molecule has 0 saturated heterocycles. The van der Waals surface area contributed by atoms with E-state index in [2.05, 4.69) is 27.3 Å². The Kier molecular flexibility index (Phi) is 5.86. The summed E-state index contributed by atoms with van der Waals surface area (Å²) in [6, 6.07) is 13.4. The molecule has 1 saturated carbocycles. The Morgan fingerprint density at radius 1 is 1.24 bits per heavy atom. The average molecular weight is 451 g/mol. The fourth-order valence-corrected chi connectivity index (χ4v) is 4.92. The number of amides is 1. The van der Waals surface area contributed by atoms with Crippen molar-refractivity contribution < 1.29 is 23.4 Å². The molecule has 3 aromatic rings. The minimum Gasteiger partial charge on any atom is -0.487 e. The van der Waals surface area contributed by atoms with E-state index in [1.807, 2.05) is 12.1 Å². The number of aliphatic hydroxyl groups is 1. The third-order valence-corrected chi connectivity index (χ3v) is 6.46. The van der Waals surface area contributed by atoms with Gasteiger partial charge >= 0.3 is 0 Å². The van der Waals surface area contributed by atoms with Crippen LogP contribution in [0.3, 0.4) is 0 Å². The molecule has 0 bridgehead atoms. The summed E-state index contributed by atoms with van der Waals surface area (Å²) in [6.07, 6.45) is 1.09. The first-order chi connectivity index (χ1) is 16.0. The number of hydrogen-bond acceptors (Lipinski definition) is 6. The predicted molar refractivity (Wildman–Crippen MR) is 118 cm³/mol. The minimum absolute atomic E-state index is 0.194. The maximum Gasteiger partial charge on any atom is 0.273 e. The van der Waals surface area contributed by atoms with Crippen LogP contribution in [-0.2, 0) is 13.0 Å². The second-order valence-corrected chi connectivity index (χ2v) is 8.65. The third kappa shape index (κ3) is 4.49. The van der Waals surface area contributed by atoms with Crippen LogP contribution in [0.4, 0.5) is 4.39 Å². The van der Waals surface area contributed by atoms with Crippen molar-refractivity contribution in [2.45, 2.75) is 50.6 Å². The Hall–Kier alpha value is -3.23. The highest BCUT2D eigenvalue weighted by Crippen LogP contribution is 2.32. The van der Waals surface area contributed by atoms with Gasteiger partial charge in [0, 0.05) is 32.5 Å². The molecule has 1 aliphatic heterocycles. The Bertz CT molecular complexity index is 1150. The number of nitrogens with one attached hydrogen (secondary N) is 1. The quantitative estimate of drug-likeness (QED) is 0.620. The summed E-state index contributed by atoms with van der Waals surface area (Å²) in [6.45, 7) is 3.09. The van der Waals surface area contributed by atoms with Gasteiger partial charge < -0.3 is 19.6 Å². The van der Waals surface area contributed by atoms with Crippen molar-refractivity contribution in [3.05, 3.63) is 83.3 Å². The van der Waals surface area contributed by atoms with Gasteiger partial charge in [0.25, 0.3) is 5.91 Å². The van der Waals surface area contributed by atoms with Crippen LogP contribution in [0.15, 0.2) is 59.2 Å². The lowest BCUT2D eigenvalue weighted by molar-refractivity contribution is 0.00249. The van der Waals surface area contributed by atoms with Gasteiger partial charge in [-0.15, -0.1) is 0 Å². The molecule has 0 radical (unpaired) electrons. The zero-order valence-corrected chi connectivity index (χ0v) is 18.3. The highest BCUT2D eigenvalue weighted by molar-refractivity contribution is 5.92. The molecule has 1 fully saturated rings. The number of oxazole rings is 1. The monoisotopic (exact) mass is 451 g/mol. The molecular formula is C25H26FN3O4. The molecule has 2 aromatic carbocycles. The van der Waals surface area contributed by atoms with Crippen molar-refractivity contribution in [1.82, 2.24) is 15.2 Å². The van der Waals surface area contributed by atoms with Crippen LogP contribution >= 0.6 is 0 Å². The lowest BCUT2D eigenvalue weighted by Crippen LogP contribution is -2.54. The van der Waals surface area contributed by atoms with E-state index in [-0.39, 0.29) is 23.7 Å². The van der Waals surface area contributed by atoms with Gasteiger partial charge in [-0.25, -0.2) is 9.37 Å². The Morgan fingerprint density at radius 2 is 2.06 bits per heavy atom. The van der Waals surface area contributed by atoms with Gasteiger partial charge in [0.05, 0.1) is 12.1 Å². The van der Waals surface area contributed by atoms with Gasteiger partial charge in [0.2, 0.25) is 0 Å². The lowest BCUT2D eigenvalue weighted by Gasteiger charge is -2.38. The van der Waals surface area contributed by atoms with E-state index < -0.39 is 18.0 Å². The SMILES string of the molecule is Cc1nc(C(=O)N[C@@H]2C[C@@H](Oc3cccc(F)c3)[C@H](O)[C@H]2N2CCc3ccccc3C2)co1. The van der Waals surface area contributed by atoms with Gasteiger partial charge in [-0.3, -0.25) is 9.69 Å². The fourth-order valence-electron chi connectivity index (χ4n) is 4.92. The number of nitrogens with zero attached hydrogens (tertiary/aromatic N) is 2.